The second kappa shape index (κ2) is 24.0. The summed E-state index contributed by atoms with van der Waals surface area (Å²) in [6.45, 7) is 1.49. The van der Waals surface area contributed by atoms with Crippen molar-refractivity contribution in [3.05, 3.63) is 0 Å². The monoisotopic (exact) mass is 558 g/mol. The second-order valence-corrected chi connectivity index (χ2v) is 10.6. The molecule has 0 rings (SSSR count). The third kappa shape index (κ3) is 23.0. The van der Waals surface area contributed by atoms with E-state index < -0.39 is 35.0 Å². The molecule has 38 heavy (non-hydrogen) atoms. The SMILES string of the molecule is C[C@H](NC(=O)CC[C@H](NC(=O)CCCCCCCCCCCCCCCCCCC(=O)O)C(=O)O)C(=O)S. The largest absolute Gasteiger partial charge is 0.481 e. The van der Waals surface area contributed by atoms with Gasteiger partial charge in [-0.2, -0.15) is 0 Å². The van der Waals surface area contributed by atoms with Gasteiger partial charge < -0.3 is 20.8 Å². The third-order valence-electron chi connectivity index (χ3n) is 6.59. The van der Waals surface area contributed by atoms with Crippen LogP contribution in [-0.4, -0.2) is 51.2 Å². The van der Waals surface area contributed by atoms with E-state index in [-0.39, 0.29) is 25.2 Å². The molecule has 0 aliphatic rings. The van der Waals surface area contributed by atoms with Crippen molar-refractivity contribution in [2.75, 3.05) is 0 Å². The number of hydrogen-bond acceptors (Lipinski definition) is 5. The molecule has 0 aromatic rings. The first-order valence-corrected chi connectivity index (χ1v) is 14.8. The molecule has 0 radical (unpaired) electrons. The maximum atomic E-state index is 12.1. The Labute approximate surface area is 233 Å². The summed E-state index contributed by atoms with van der Waals surface area (Å²) in [7, 11) is 0. The Hall–Kier alpha value is -2.10. The molecule has 0 aliphatic heterocycles. The van der Waals surface area contributed by atoms with Gasteiger partial charge in [0.25, 0.3) is 0 Å². The Morgan fingerprint density at radius 2 is 0.947 bits per heavy atom. The topological polar surface area (TPSA) is 150 Å². The van der Waals surface area contributed by atoms with Gasteiger partial charge in [-0.15, -0.1) is 12.6 Å². The van der Waals surface area contributed by atoms with Crippen LogP contribution in [0.4, 0.5) is 0 Å². The number of thiol groups is 1. The fraction of sp³-hybridized carbons (Fsp3) is 0.821. The van der Waals surface area contributed by atoms with E-state index in [1.165, 1.54) is 64.7 Å². The number of unbranched alkanes of at least 4 members (excludes halogenated alkanes) is 15. The number of amides is 2. The molecule has 0 aromatic carbocycles. The van der Waals surface area contributed by atoms with Crippen LogP contribution >= 0.6 is 12.6 Å². The summed E-state index contributed by atoms with van der Waals surface area (Å²) in [4.78, 5) is 56.8. The van der Waals surface area contributed by atoms with Crippen LogP contribution in [0.15, 0.2) is 0 Å². The van der Waals surface area contributed by atoms with Gasteiger partial charge in [0, 0.05) is 19.3 Å². The van der Waals surface area contributed by atoms with E-state index in [0.717, 1.165) is 38.5 Å². The maximum Gasteiger partial charge on any atom is 0.326 e. The van der Waals surface area contributed by atoms with Crippen molar-refractivity contribution in [3.63, 3.8) is 0 Å². The molecular formula is C28H50N2O7S. The lowest BCUT2D eigenvalue weighted by Gasteiger charge is -2.15. The van der Waals surface area contributed by atoms with Gasteiger partial charge in [0.15, 0.2) is 0 Å². The molecule has 0 fully saturated rings. The molecule has 2 amide bonds. The highest BCUT2D eigenvalue weighted by atomic mass is 32.1. The lowest BCUT2D eigenvalue weighted by molar-refractivity contribution is -0.142. The van der Waals surface area contributed by atoms with Crippen molar-refractivity contribution in [1.82, 2.24) is 10.6 Å². The first-order chi connectivity index (χ1) is 18.1. The van der Waals surface area contributed by atoms with Crippen molar-refractivity contribution >= 4 is 41.5 Å². The zero-order chi connectivity index (χ0) is 28.6. The Morgan fingerprint density at radius 3 is 1.32 bits per heavy atom. The van der Waals surface area contributed by atoms with Crippen LogP contribution in [0.3, 0.4) is 0 Å². The lowest BCUT2D eigenvalue weighted by atomic mass is 10.0. The van der Waals surface area contributed by atoms with Gasteiger partial charge in [-0.1, -0.05) is 89.9 Å². The highest BCUT2D eigenvalue weighted by molar-refractivity contribution is 7.96. The van der Waals surface area contributed by atoms with Gasteiger partial charge in [-0.05, 0) is 26.2 Å². The Kier molecular flexibility index (Phi) is 22.7. The second-order valence-electron chi connectivity index (χ2n) is 10.2. The van der Waals surface area contributed by atoms with Gasteiger partial charge in [0.2, 0.25) is 16.9 Å². The molecule has 0 aliphatic carbocycles. The minimum atomic E-state index is -1.19. The predicted octanol–water partition coefficient (Wildman–Crippen LogP) is 5.40. The van der Waals surface area contributed by atoms with Crippen molar-refractivity contribution < 1.29 is 34.2 Å². The van der Waals surface area contributed by atoms with Crippen molar-refractivity contribution in [2.24, 2.45) is 0 Å². The van der Waals surface area contributed by atoms with E-state index in [4.69, 9.17) is 5.11 Å². The molecule has 10 heteroatoms. The number of carbonyl (C=O) groups is 5. The van der Waals surface area contributed by atoms with E-state index in [9.17, 15) is 29.1 Å². The fourth-order valence-corrected chi connectivity index (χ4v) is 4.28. The van der Waals surface area contributed by atoms with Crippen LogP contribution in [0.2, 0.25) is 0 Å². The van der Waals surface area contributed by atoms with Gasteiger partial charge in [-0.25, -0.2) is 4.79 Å². The highest BCUT2D eigenvalue weighted by Gasteiger charge is 2.21. The summed E-state index contributed by atoms with van der Waals surface area (Å²) in [6, 6.07) is -1.88. The molecule has 0 spiro atoms. The summed E-state index contributed by atoms with van der Waals surface area (Å²) in [6.07, 6.45) is 18.5. The molecule has 2 atom stereocenters. The van der Waals surface area contributed by atoms with Crippen LogP contribution in [0, 0.1) is 0 Å². The number of nitrogens with one attached hydrogen (secondary N) is 2. The minimum Gasteiger partial charge on any atom is -0.481 e. The molecule has 9 nitrogen and oxygen atoms in total. The Balaban J connectivity index is 3.61. The number of carbonyl (C=O) groups excluding carboxylic acids is 3. The summed E-state index contributed by atoms with van der Waals surface area (Å²) in [5.41, 5.74) is 0. The highest BCUT2D eigenvalue weighted by Crippen LogP contribution is 2.14. The first kappa shape index (κ1) is 35.9. The Morgan fingerprint density at radius 1 is 0.579 bits per heavy atom. The average Bonchev–Trinajstić information content (AvgIpc) is 2.85. The van der Waals surface area contributed by atoms with Crippen LogP contribution in [-0.2, 0) is 24.0 Å². The van der Waals surface area contributed by atoms with Crippen LogP contribution < -0.4 is 10.6 Å². The zero-order valence-electron chi connectivity index (χ0n) is 23.2. The number of aliphatic carboxylic acids is 2. The number of carboxylic acid groups (broad SMARTS) is 2. The molecule has 0 heterocycles. The number of rotatable bonds is 26. The average molecular weight is 559 g/mol. The van der Waals surface area contributed by atoms with Gasteiger partial charge in [0.05, 0.1) is 6.04 Å². The number of carboxylic acids is 2. The van der Waals surface area contributed by atoms with E-state index in [1.54, 1.807) is 0 Å². The minimum absolute atomic E-state index is 0.0451. The van der Waals surface area contributed by atoms with Crippen molar-refractivity contribution in [2.45, 2.75) is 147 Å². The molecule has 0 saturated carbocycles. The summed E-state index contributed by atoms with van der Waals surface area (Å²) in [5, 5.41) is 22.4. The van der Waals surface area contributed by atoms with Crippen LogP contribution in [0.5, 0.6) is 0 Å². The van der Waals surface area contributed by atoms with Crippen LogP contribution in [0.25, 0.3) is 0 Å². The maximum absolute atomic E-state index is 12.1. The van der Waals surface area contributed by atoms with Crippen LogP contribution in [0.1, 0.15) is 135 Å². The number of hydrogen-bond donors (Lipinski definition) is 5. The van der Waals surface area contributed by atoms with E-state index >= 15 is 0 Å². The zero-order valence-corrected chi connectivity index (χ0v) is 24.1. The lowest BCUT2D eigenvalue weighted by Crippen LogP contribution is -2.42. The van der Waals surface area contributed by atoms with E-state index in [2.05, 4.69) is 23.3 Å². The molecule has 0 saturated heterocycles. The molecule has 0 aromatic heterocycles. The van der Waals surface area contributed by atoms with Gasteiger partial charge in [-0.3, -0.25) is 19.2 Å². The fourth-order valence-electron chi connectivity index (χ4n) is 4.21. The molecular weight excluding hydrogens is 508 g/mol. The van der Waals surface area contributed by atoms with Gasteiger partial charge in [0.1, 0.15) is 6.04 Å². The summed E-state index contributed by atoms with van der Waals surface area (Å²) >= 11 is 3.64. The van der Waals surface area contributed by atoms with Crippen molar-refractivity contribution in [1.29, 1.82) is 0 Å². The predicted molar refractivity (Wildman–Crippen MR) is 151 cm³/mol. The van der Waals surface area contributed by atoms with Crippen molar-refractivity contribution in [3.8, 4) is 0 Å². The van der Waals surface area contributed by atoms with Gasteiger partial charge >= 0.3 is 11.9 Å². The molecule has 220 valence electrons. The molecule has 4 N–H and O–H groups in total. The third-order valence-corrected chi connectivity index (χ3v) is 6.97. The molecule has 0 unspecified atom stereocenters. The standard InChI is InChI=1S/C28H50N2O7S/c1-22(28(37)38)29-25(32)21-20-23(27(35)36)30-24(31)18-16-14-12-10-8-6-4-2-3-5-7-9-11-13-15-17-19-26(33)34/h22-23H,2-21H2,1H3,(H,29,32)(H,30,31)(H,33,34)(H,35,36)(H,37,38)/t22-,23-/m0/s1. The molecule has 0 bridgehead atoms. The Bertz CT molecular complexity index is 703. The van der Waals surface area contributed by atoms with E-state index in [0.29, 0.717) is 12.8 Å². The summed E-state index contributed by atoms with van der Waals surface area (Å²) in [5.74, 6) is -2.67. The summed E-state index contributed by atoms with van der Waals surface area (Å²) < 4.78 is 0. The smallest absolute Gasteiger partial charge is 0.326 e. The quantitative estimate of drug-likeness (QED) is 0.0704. The van der Waals surface area contributed by atoms with E-state index in [1.807, 2.05) is 0 Å². The normalized spacial score (nSPS) is 12.5. The first-order valence-electron chi connectivity index (χ1n) is 14.4.